The number of aryl methyl sites for hydroxylation is 2. The summed E-state index contributed by atoms with van der Waals surface area (Å²) in [6, 6.07) is 14.6. The summed E-state index contributed by atoms with van der Waals surface area (Å²) in [6.45, 7) is 4.95. The molecule has 1 atom stereocenters. The molecular formula is C26H25BrCl2N4O3S2. The van der Waals surface area contributed by atoms with Crippen LogP contribution in [0.5, 0.6) is 0 Å². The highest BCUT2D eigenvalue weighted by Gasteiger charge is 2.19. The molecule has 4 aromatic rings. The van der Waals surface area contributed by atoms with E-state index in [1.807, 2.05) is 38.1 Å². The maximum atomic E-state index is 12.2. The van der Waals surface area contributed by atoms with Crippen LogP contribution in [0.4, 0.5) is 0 Å². The topological polar surface area (TPSA) is 92.8 Å². The highest BCUT2D eigenvalue weighted by Crippen LogP contribution is 2.21. The third kappa shape index (κ3) is 8.72. The Labute approximate surface area is 246 Å². The van der Waals surface area contributed by atoms with Crippen LogP contribution < -0.4 is 11.1 Å². The van der Waals surface area contributed by atoms with E-state index in [1.165, 1.54) is 22.5 Å². The normalized spacial score (nSPS) is 11.5. The Hall–Kier alpha value is -2.08. The van der Waals surface area contributed by atoms with Gasteiger partial charge in [-0.1, -0.05) is 59.2 Å². The van der Waals surface area contributed by atoms with Crippen molar-refractivity contribution in [3.8, 4) is 0 Å². The van der Waals surface area contributed by atoms with Crippen LogP contribution in [0.2, 0.25) is 10.0 Å². The molecule has 0 aliphatic heterocycles. The second-order valence-corrected chi connectivity index (χ2v) is 11.8. The van der Waals surface area contributed by atoms with E-state index in [4.69, 9.17) is 23.2 Å². The van der Waals surface area contributed by atoms with Crippen LogP contribution in [-0.2, 0) is 35.8 Å². The summed E-state index contributed by atoms with van der Waals surface area (Å²) in [5, 5.41) is 1.94. The maximum absolute atomic E-state index is 12.2. The van der Waals surface area contributed by atoms with Crippen molar-refractivity contribution < 1.29 is 4.55 Å². The summed E-state index contributed by atoms with van der Waals surface area (Å²) in [6.07, 6.45) is 4.79. The smallest absolute Gasteiger partial charge is 0.326 e. The Kier molecular flexibility index (Phi) is 11.9. The van der Waals surface area contributed by atoms with Gasteiger partial charge < -0.3 is 13.7 Å². The number of hydrogen-bond donors (Lipinski definition) is 0. The predicted molar refractivity (Wildman–Crippen MR) is 159 cm³/mol. The van der Waals surface area contributed by atoms with Gasteiger partial charge in [0.2, 0.25) is 0 Å². The minimum atomic E-state index is -1.45. The van der Waals surface area contributed by atoms with Gasteiger partial charge in [0.25, 0.3) is 5.56 Å². The molecule has 0 fully saturated rings. The van der Waals surface area contributed by atoms with E-state index in [-0.39, 0.29) is 21.9 Å². The standard InChI is InChI=1S/C13H12BrClN2OS.C13H13ClN2O2S/c1-2-17-7-11(14)16-12(13(17)18)19-8-9-3-5-10(15)6-4-9;1-2-16-8-7-15-12(13(16)17)19(18)9-10-3-5-11(14)6-4-10/h3-7H,2,8H2,1H3;3-8H,2,9H2,1H3. The van der Waals surface area contributed by atoms with E-state index in [0.717, 1.165) is 11.1 Å². The highest BCUT2D eigenvalue weighted by molar-refractivity contribution is 9.10. The molecule has 2 aromatic carbocycles. The average molecular weight is 656 g/mol. The molecule has 2 aromatic heterocycles. The second-order valence-electron chi connectivity index (χ2n) is 7.81. The van der Waals surface area contributed by atoms with Crippen molar-refractivity contribution in [2.75, 3.05) is 0 Å². The summed E-state index contributed by atoms with van der Waals surface area (Å²) in [4.78, 5) is 32.2. The van der Waals surface area contributed by atoms with Gasteiger partial charge in [0, 0.05) is 64.2 Å². The lowest BCUT2D eigenvalue weighted by atomic mass is 10.2. The van der Waals surface area contributed by atoms with Crippen molar-refractivity contribution in [3.63, 3.8) is 0 Å². The minimum absolute atomic E-state index is 0.0512. The van der Waals surface area contributed by atoms with Crippen LogP contribution in [0.15, 0.2) is 91.4 Å². The largest absolute Gasteiger partial charge is 0.610 e. The van der Waals surface area contributed by atoms with Gasteiger partial charge in [-0.3, -0.25) is 9.59 Å². The monoisotopic (exact) mass is 654 g/mol. The lowest BCUT2D eigenvalue weighted by molar-refractivity contribution is 0.582. The number of benzene rings is 2. The summed E-state index contributed by atoms with van der Waals surface area (Å²) in [5.41, 5.74) is 1.62. The predicted octanol–water partition coefficient (Wildman–Crippen LogP) is 6.20. The molecular weight excluding hydrogens is 631 g/mol. The summed E-state index contributed by atoms with van der Waals surface area (Å²) in [7, 11) is 0. The fourth-order valence-corrected chi connectivity index (χ4v) is 5.99. The number of thioether (sulfide) groups is 1. The lowest BCUT2D eigenvalue weighted by Crippen LogP contribution is -2.27. The van der Waals surface area contributed by atoms with Crippen molar-refractivity contribution in [2.24, 2.45) is 0 Å². The molecule has 0 saturated heterocycles. The quantitative estimate of drug-likeness (QED) is 0.166. The van der Waals surface area contributed by atoms with E-state index in [1.54, 1.807) is 41.2 Å². The molecule has 38 heavy (non-hydrogen) atoms. The van der Waals surface area contributed by atoms with E-state index < -0.39 is 11.2 Å². The SMILES string of the molecule is CCn1cc(Br)nc(SCc2ccc(Cl)cc2)c1=O.CCn1ccnc([S+]([O-])Cc2ccc(Cl)cc2)c1=O. The van der Waals surface area contributed by atoms with Crippen LogP contribution in [0.3, 0.4) is 0 Å². The number of hydrogen-bond acceptors (Lipinski definition) is 6. The molecule has 200 valence electrons. The van der Waals surface area contributed by atoms with Gasteiger partial charge in [0.1, 0.15) is 10.4 Å². The van der Waals surface area contributed by atoms with Crippen LogP contribution >= 0.6 is 50.9 Å². The zero-order valence-corrected chi connectivity index (χ0v) is 25.4. The van der Waals surface area contributed by atoms with Crippen molar-refractivity contribution in [1.29, 1.82) is 0 Å². The molecule has 0 bridgehead atoms. The zero-order chi connectivity index (χ0) is 27.7. The number of aromatic nitrogens is 4. The van der Waals surface area contributed by atoms with Crippen LogP contribution in [0, 0.1) is 0 Å². The molecule has 0 radical (unpaired) electrons. The summed E-state index contributed by atoms with van der Waals surface area (Å²) >= 11 is 14.9. The van der Waals surface area contributed by atoms with E-state index in [2.05, 4.69) is 25.9 Å². The van der Waals surface area contributed by atoms with Gasteiger partial charge in [0.05, 0.1) is 0 Å². The van der Waals surface area contributed by atoms with Crippen LogP contribution in [0.1, 0.15) is 25.0 Å². The Morgan fingerprint density at radius 2 is 1.50 bits per heavy atom. The van der Waals surface area contributed by atoms with E-state index >= 15 is 0 Å². The Morgan fingerprint density at radius 1 is 0.921 bits per heavy atom. The zero-order valence-electron chi connectivity index (χ0n) is 20.6. The highest BCUT2D eigenvalue weighted by atomic mass is 79.9. The molecule has 0 aliphatic carbocycles. The molecule has 2 heterocycles. The minimum Gasteiger partial charge on any atom is -0.610 e. The van der Waals surface area contributed by atoms with Gasteiger partial charge in [-0.25, -0.2) is 9.97 Å². The number of halogens is 3. The molecule has 0 aliphatic rings. The maximum Gasteiger partial charge on any atom is 0.326 e. The first kappa shape index (κ1) is 30.5. The molecule has 0 amide bonds. The average Bonchev–Trinajstić information content (AvgIpc) is 2.91. The van der Waals surface area contributed by atoms with Gasteiger partial charge in [-0.05, 0) is 59.6 Å². The van der Waals surface area contributed by atoms with Gasteiger partial charge in [-0.15, -0.1) is 0 Å². The molecule has 7 nitrogen and oxygen atoms in total. The van der Waals surface area contributed by atoms with E-state index in [0.29, 0.717) is 38.5 Å². The fraction of sp³-hybridized carbons (Fsp3) is 0.231. The Morgan fingerprint density at radius 3 is 2.08 bits per heavy atom. The molecule has 0 spiro atoms. The third-order valence-corrected chi connectivity index (χ3v) is 8.40. The summed E-state index contributed by atoms with van der Waals surface area (Å²) < 4.78 is 16.0. The van der Waals surface area contributed by atoms with Crippen LogP contribution in [-0.4, -0.2) is 23.7 Å². The molecule has 4 rings (SSSR count). The van der Waals surface area contributed by atoms with Crippen molar-refractivity contribution in [1.82, 2.24) is 19.1 Å². The molecule has 12 heteroatoms. The fourth-order valence-electron chi connectivity index (χ4n) is 3.18. The molecule has 0 saturated carbocycles. The first-order valence-electron chi connectivity index (χ1n) is 11.5. The number of rotatable bonds is 8. The lowest BCUT2D eigenvalue weighted by Gasteiger charge is -2.10. The number of nitrogens with zero attached hydrogens (tertiary/aromatic N) is 4. The first-order chi connectivity index (χ1) is 18.2. The summed E-state index contributed by atoms with van der Waals surface area (Å²) in [5.74, 6) is 0.951. The van der Waals surface area contributed by atoms with Gasteiger partial charge >= 0.3 is 10.6 Å². The molecule has 0 N–H and O–H groups in total. The van der Waals surface area contributed by atoms with Crippen molar-refractivity contribution >= 4 is 62.1 Å². The second kappa shape index (κ2) is 14.9. The van der Waals surface area contributed by atoms with Gasteiger partial charge in [-0.2, -0.15) is 0 Å². The Bertz CT molecular complexity index is 1470. The first-order valence-corrected chi connectivity index (χ1v) is 15.4. The molecule has 1 unspecified atom stereocenters. The van der Waals surface area contributed by atoms with Gasteiger partial charge in [0.15, 0.2) is 5.03 Å². The van der Waals surface area contributed by atoms with E-state index in [9.17, 15) is 14.1 Å². The van der Waals surface area contributed by atoms with Crippen LogP contribution in [0.25, 0.3) is 0 Å². The Balaban J connectivity index is 0.000000211. The third-order valence-electron chi connectivity index (χ3n) is 5.19. The van der Waals surface area contributed by atoms with Crippen molar-refractivity contribution in [3.05, 3.63) is 114 Å². The van der Waals surface area contributed by atoms with Crippen molar-refractivity contribution in [2.45, 2.75) is 48.5 Å².